The van der Waals surface area contributed by atoms with E-state index < -0.39 is 16.1 Å². The Morgan fingerprint density at radius 2 is 1.72 bits per heavy atom. The first-order valence-electron chi connectivity index (χ1n) is 7.62. The Kier molecular flexibility index (Phi) is 5.00. The van der Waals surface area contributed by atoms with E-state index in [4.69, 9.17) is 5.26 Å². The number of nitrogens with zero attached hydrogens (tertiary/aromatic N) is 1. The molecule has 0 spiro atoms. The van der Waals surface area contributed by atoms with Crippen molar-refractivity contribution in [3.05, 3.63) is 87.6 Å². The van der Waals surface area contributed by atoms with Crippen molar-refractivity contribution in [2.24, 2.45) is 0 Å². The average molecular weight is 368 g/mol. The molecule has 0 aliphatic carbocycles. The summed E-state index contributed by atoms with van der Waals surface area (Å²) in [6, 6.07) is 19.0. The lowest BCUT2D eigenvalue weighted by molar-refractivity contribution is 0.573. The number of aryl methyl sites for hydroxylation is 1. The monoisotopic (exact) mass is 368 g/mol. The SMILES string of the molecule is Cc1ccc(C(NS(=O)(=O)c2ccc(C#N)cc2)c2cccs2)cc1. The fourth-order valence-electron chi connectivity index (χ4n) is 2.44. The molecule has 2 aromatic carbocycles. The molecule has 0 aliphatic rings. The van der Waals surface area contributed by atoms with Gasteiger partial charge in [-0.1, -0.05) is 35.9 Å². The van der Waals surface area contributed by atoms with Crippen molar-refractivity contribution in [1.82, 2.24) is 4.72 Å². The summed E-state index contributed by atoms with van der Waals surface area (Å²) in [6.45, 7) is 1.99. The molecule has 1 N–H and O–H groups in total. The van der Waals surface area contributed by atoms with Gasteiger partial charge in [0.2, 0.25) is 10.0 Å². The number of benzene rings is 2. The highest BCUT2D eigenvalue weighted by Gasteiger charge is 2.23. The van der Waals surface area contributed by atoms with Crippen molar-refractivity contribution >= 4 is 21.4 Å². The van der Waals surface area contributed by atoms with Crippen LogP contribution in [-0.2, 0) is 10.0 Å². The lowest BCUT2D eigenvalue weighted by Gasteiger charge is -2.18. The van der Waals surface area contributed by atoms with E-state index in [0.717, 1.165) is 16.0 Å². The van der Waals surface area contributed by atoms with Crippen molar-refractivity contribution in [3.63, 3.8) is 0 Å². The lowest BCUT2D eigenvalue weighted by atomic mass is 10.0. The topological polar surface area (TPSA) is 70.0 Å². The molecule has 0 aliphatic heterocycles. The molecular weight excluding hydrogens is 352 g/mol. The normalized spacial score (nSPS) is 12.5. The Morgan fingerprint density at radius 3 is 2.28 bits per heavy atom. The molecule has 1 atom stereocenters. The van der Waals surface area contributed by atoms with Gasteiger partial charge in [0.1, 0.15) is 0 Å². The standard InChI is InChI=1S/C19H16N2O2S2/c1-14-4-8-16(9-5-14)19(18-3-2-12-24-18)21-25(22,23)17-10-6-15(13-20)7-11-17/h2-12,19,21H,1H3. The fraction of sp³-hybridized carbons (Fsp3) is 0.105. The molecule has 4 nitrogen and oxygen atoms in total. The second-order valence-corrected chi connectivity index (χ2v) is 8.31. The molecule has 3 aromatic rings. The van der Waals surface area contributed by atoms with Crippen LogP contribution in [0.2, 0.25) is 0 Å². The highest BCUT2D eigenvalue weighted by atomic mass is 32.2. The van der Waals surface area contributed by atoms with E-state index in [1.165, 1.54) is 35.6 Å². The van der Waals surface area contributed by atoms with Gasteiger partial charge in [-0.3, -0.25) is 0 Å². The third-order valence-electron chi connectivity index (χ3n) is 3.81. The average Bonchev–Trinajstić information content (AvgIpc) is 3.15. The van der Waals surface area contributed by atoms with E-state index in [0.29, 0.717) is 5.56 Å². The van der Waals surface area contributed by atoms with Crippen LogP contribution >= 0.6 is 11.3 Å². The zero-order valence-corrected chi connectivity index (χ0v) is 15.1. The van der Waals surface area contributed by atoms with Gasteiger partial charge in [0.05, 0.1) is 22.6 Å². The highest BCUT2D eigenvalue weighted by molar-refractivity contribution is 7.89. The van der Waals surface area contributed by atoms with Crippen LogP contribution in [0.25, 0.3) is 0 Å². The first kappa shape index (κ1) is 17.4. The Balaban J connectivity index is 1.97. The van der Waals surface area contributed by atoms with E-state index in [2.05, 4.69) is 4.72 Å². The van der Waals surface area contributed by atoms with Gasteiger partial charge >= 0.3 is 0 Å². The molecule has 1 aromatic heterocycles. The number of nitriles is 1. The summed E-state index contributed by atoms with van der Waals surface area (Å²) in [6.07, 6.45) is 0. The molecule has 25 heavy (non-hydrogen) atoms. The minimum absolute atomic E-state index is 0.139. The summed E-state index contributed by atoms with van der Waals surface area (Å²) in [5.41, 5.74) is 2.42. The second kappa shape index (κ2) is 7.19. The summed E-state index contributed by atoms with van der Waals surface area (Å²) in [5.74, 6) is 0. The van der Waals surface area contributed by atoms with Gasteiger partial charge < -0.3 is 0 Å². The molecule has 3 rings (SSSR count). The summed E-state index contributed by atoms with van der Waals surface area (Å²) in [5, 5.41) is 10.8. The molecular formula is C19H16N2O2S2. The van der Waals surface area contributed by atoms with E-state index in [1.807, 2.05) is 54.8 Å². The van der Waals surface area contributed by atoms with Gasteiger partial charge in [0, 0.05) is 4.88 Å². The van der Waals surface area contributed by atoms with Crippen LogP contribution in [0.4, 0.5) is 0 Å². The number of sulfonamides is 1. The van der Waals surface area contributed by atoms with Crippen molar-refractivity contribution in [3.8, 4) is 6.07 Å². The minimum atomic E-state index is -3.72. The molecule has 0 fully saturated rings. The van der Waals surface area contributed by atoms with Crippen molar-refractivity contribution in [2.75, 3.05) is 0 Å². The van der Waals surface area contributed by atoms with Gasteiger partial charge in [-0.25, -0.2) is 8.42 Å². The number of nitrogens with one attached hydrogen (secondary N) is 1. The molecule has 1 unspecified atom stereocenters. The highest BCUT2D eigenvalue weighted by Crippen LogP contribution is 2.28. The van der Waals surface area contributed by atoms with Crippen molar-refractivity contribution in [2.45, 2.75) is 17.9 Å². The zero-order valence-electron chi connectivity index (χ0n) is 13.5. The molecule has 0 bridgehead atoms. The quantitative estimate of drug-likeness (QED) is 0.740. The van der Waals surface area contributed by atoms with Crippen LogP contribution < -0.4 is 4.72 Å². The molecule has 0 radical (unpaired) electrons. The predicted octanol–water partition coefficient (Wildman–Crippen LogP) is 4.00. The van der Waals surface area contributed by atoms with Crippen molar-refractivity contribution in [1.29, 1.82) is 5.26 Å². The van der Waals surface area contributed by atoms with Gasteiger partial charge in [-0.15, -0.1) is 11.3 Å². The number of hydrogen-bond donors (Lipinski definition) is 1. The number of rotatable bonds is 5. The predicted molar refractivity (Wildman–Crippen MR) is 98.8 cm³/mol. The summed E-state index contributed by atoms with van der Waals surface area (Å²) in [4.78, 5) is 1.06. The summed E-state index contributed by atoms with van der Waals surface area (Å²) >= 11 is 1.50. The van der Waals surface area contributed by atoms with Crippen LogP contribution in [-0.4, -0.2) is 8.42 Å². The Morgan fingerprint density at radius 1 is 1.04 bits per heavy atom. The van der Waals surface area contributed by atoms with Gasteiger partial charge in [-0.2, -0.15) is 9.98 Å². The third-order valence-corrected chi connectivity index (χ3v) is 6.18. The second-order valence-electron chi connectivity index (χ2n) is 5.62. The Hall–Kier alpha value is -2.46. The molecule has 126 valence electrons. The van der Waals surface area contributed by atoms with Crippen LogP contribution in [0.1, 0.15) is 27.6 Å². The largest absolute Gasteiger partial charge is 0.241 e. The van der Waals surface area contributed by atoms with E-state index in [-0.39, 0.29) is 4.90 Å². The number of hydrogen-bond acceptors (Lipinski definition) is 4. The Bertz CT molecular complexity index is 985. The van der Waals surface area contributed by atoms with Gasteiger partial charge in [-0.05, 0) is 48.2 Å². The maximum atomic E-state index is 12.8. The molecule has 0 amide bonds. The molecule has 6 heteroatoms. The van der Waals surface area contributed by atoms with E-state index in [9.17, 15) is 8.42 Å². The molecule has 1 heterocycles. The maximum absolute atomic E-state index is 12.8. The van der Waals surface area contributed by atoms with Gasteiger partial charge in [0.25, 0.3) is 0 Å². The van der Waals surface area contributed by atoms with Crippen LogP contribution in [0.5, 0.6) is 0 Å². The van der Waals surface area contributed by atoms with Gasteiger partial charge in [0.15, 0.2) is 0 Å². The van der Waals surface area contributed by atoms with E-state index in [1.54, 1.807) is 0 Å². The van der Waals surface area contributed by atoms with E-state index >= 15 is 0 Å². The first-order chi connectivity index (χ1) is 12.0. The molecule has 0 saturated heterocycles. The third kappa shape index (κ3) is 3.97. The Labute approximate surface area is 151 Å². The number of thiophene rings is 1. The fourth-order valence-corrected chi connectivity index (χ4v) is 4.52. The van der Waals surface area contributed by atoms with Crippen LogP contribution in [0.15, 0.2) is 70.9 Å². The van der Waals surface area contributed by atoms with Crippen LogP contribution in [0.3, 0.4) is 0 Å². The zero-order chi connectivity index (χ0) is 17.9. The minimum Gasteiger partial charge on any atom is -0.207 e. The van der Waals surface area contributed by atoms with Crippen molar-refractivity contribution < 1.29 is 8.42 Å². The lowest BCUT2D eigenvalue weighted by Crippen LogP contribution is -2.29. The molecule has 0 saturated carbocycles. The summed E-state index contributed by atoms with van der Waals surface area (Å²) < 4.78 is 28.4. The summed E-state index contributed by atoms with van der Waals surface area (Å²) in [7, 11) is -3.72. The maximum Gasteiger partial charge on any atom is 0.241 e. The van der Waals surface area contributed by atoms with Crippen LogP contribution in [0, 0.1) is 18.3 Å². The first-order valence-corrected chi connectivity index (χ1v) is 9.98. The smallest absolute Gasteiger partial charge is 0.207 e.